The smallest absolute Gasteiger partial charge is 0.276 e. The highest BCUT2D eigenvalue weighted by Crippen LogP contribution is 2.34. The van der Waals surface area contributed by atoms with Crippen LogP contribution < -0.4 is 0 Å². The molecule has 0 N–H and O–H groups in total. The second kappa shape index (κ2) is 5.25. The Morgan fingerprint density at radius 3 is 2.10 bits per heavy atom. The third-order valence-corrected chi connectivity index (χ3v) is 2.92. The molecule has 0 aromatic heterocycles. The Labute approximate surface area is 116 Å². The van der Waals surface area contributed by atoms with E-state index in [0.29, 0.717) is 0 Å². The van der Waals surface area contributed by atoms with Crippen LogP contribution in [0.3, 0.4) is 0 Å². The fourth-order valence-corrected chi connectivity index (χ4v) is 1.93. The minimum absolute atomic E-state index is 0.0137. The van der Waals surface area contributed by atoms with Crippen molar-refractivity contribution in [3.8, 4) is 11.1 Å². The predicted molar refractivity (Wildman–Crippen MR) is 67.0 cm³/mol. The Hall–Kier alpha value is -1.88. The minimum Gasteiger partial charge on any atom is -0.276 e. The van der Waals surface area contributed by atoms with Gasteiger partial charge in [-0.2, -0.15) is 13.2 Å². The summed E-state index contributed by atoms with van der Waals surface area (Å²) in [5, 5.41) is -0.877. The first kappa shape index (κ1) is 14.5. The van der Waals surface area contributed by atoms with Gasteiger partial charge in [0.1, 0.15) is 5.82 Å². The molecule has 6 heteroatoms. The predicted octanol–water partition coefficient (Wildman–Crippen LogP) is 4.89. The second-order valence-corrected chi connectivity index (χ2v) is 4.38. The summed E-state index contributed by atoms with van der Waals surface area (Å²) in [6, 6.07) is 7.38. The van der Waals surface area contributed by atoms with Crippen molar-refractivity contribution in [3.63, 3.8) is 0 Å². The van der Waals surface area contributed by atoms with Crippen molar-refractivity contribution in [3.05, 3.63) is 59.4 Å². The number of carbonyl (C=O) groups is 1. The van der Waals surface area contributed by atoms with Gasteiger partial charge in [-0.15, -0.1) is 0 Å². The van der Waals surface area contributed by atoms with E-state index in [-0.39, 0.29) is 16.7 Å². The molecule has 0 atom stereocenters. The lowest BCUT2D eigenvalue weighted by molar-refractivity contribution is -0.137. The Balaban J connectivity index is 2.64. The molecule has 0 aliphatic heterocycles. The largest absolute Gasteiger partial charge is 0.416 e. The fraction of sp³-hybridized carbons (Fsp3) is 0.0714. The van der Waals surface area contributed by atoms with E-state index in [0.717, 1.165) is 30.3 Å². The molecule has 20 heavy (non-hydrogen) atoms. The topological polar surface area (TPSA) is 17.1 Å². The van der Waals surface area contributed by atoms with Crippen molar-refractivity contribution in [2.75, 3.05) is 0 Å². The second-order valence-electron chi connectivity index (χ2n) is 4.04. The minimum atomic E-state index is -4.54. The average Bonchev–Trinajstić information content (AvgIpc) is 2.37. The molecule has 2 aromatic rings. The third kappa shape index (κ3) is 2.99. The molecule has 0 amide bonds. The number of alkyl halides is 3. The van der Waals surface area contributed by atoms with E-state index < -0.39 is 22.8 Å². The van der Waals surface area contributed by atoms with Gasteiger partial charge < -0.3 is 0 Å². The van der Waals surface area contributed by atoms with Gasteiger partial charge >= 0.3 is 6.18 Å². The Morgan fingerprint density at radius 1 is 1.00 bits per heavy atom. The van der Waals surface area contributed by atoms with Crippen molar-refractivity contribution >= 4 is 16.8 Å². The first-order valence-electron chi connectivity index (χ1n) is 5.46. The molecular weight excluding hydrogens is 296 g/mol. The zero-order valence-corrected chi connectivity index (χ0v) is 10.6. The van der Waals surface area contributed by atoms with Crippen LogP contribution in [0.15, 0.2) is 42.5 Å². The van der Waals surface area contributed by atoms with Crippen molar-refractivity contribution in [1.82, 2.24) is 0 Å². The van der Waals surface area contributed by atoms with E-state index >= 15 is 0 Å². The summed E-state index contributed by atoms with van der Waals surface area (Å²) in [6.07, 6.45) is -4.54. The third-order valence-electron chi connectivity index (χ3n) is 2.71. The van der Waals surface area contributed by atoms with Crippen molar-refractivity contribution in [1.29, 1.82) is 0 Å². The van der Waals surface area contributed by atoms with Gasteiger partial charge in [-0.05, 0) is 53.1 Å². The lowest BCUT2D eigenvalue weighted by Gasteiger charge is -2.12. The highest BCUT2D eigenvalue weighted by Gasteiger charge is 2.31. The molecule has 1 nitrogen and oxygen atoms in total. The van der Waals surface area contributed by atoms with Gasteiger partial charge in [-0.3, -0.25) is 4.79 Å². The summed E-state index contributed by atoms with van der Waals surface area (Å²) in [7, 11) is 0. The van der Waals surface area contributed by atoms with Gasteiger partial charge in [-0.25, -0.2) is 4.39 Å². The molecule has 0 saturated heterocycles. The molecule has 0 bridgehead atoms. The zero-order valence-electron chi connectivity index (χ0n) is 9.84. The van der Waals surface area contributed by atoms with Crippen LogP contribution in [0.25, 0.3) is 11.1 Å². The molecule has 2 aromatic carbocycles. The fourth-order valence-electron chi connectivity index (χ4n) is 1.76. The maximum absolute atomic E-state index is 12.9. The van der Waals surface area contributed by atoms with Gasteiger partial charge in [-0.1, -0.05) is 12.1 Å². The molecule has 0 radical (unpaired) electrons. The van der Waals surface area contributed by atoms with Crippen LogP contribution in [0.5, 0.6) is 0 Å². The van der Waals surface area contributed by atoms with Gasteiger partial charge in [0.2, 0.25) is 0 Å². The number of halogens is 5. The van der Waals surface area contributed by atoms with E-state index in [1.807, 2.05) is 0 Å². The van der Waals surface area contributed by atoms with Crippen LogP contribution in [0, 0.1) is 5.82 Å². The molecule has 0 spiro atoms. The molecule has 0 heterocycles. The van der Waals surface area contributed by atoms with Crippen LogP contribution in [0.2, 0.25) is 0 Å². The SMILES string of the molecule is O=C(Cl)c1ccc(C(F)(F)F)cc1-c1ccc(F)cc1. The van der Waals surface area contributed by atoms with Crippen LogP contribution in [-0.2, 0) is 6.18 Å². The van der Waals surface area contributed by atoms with E-state index in [4.69, 9.17) is 11.6 Å². The number of hydrogen-bond donors (Lipinski definition) is 0. The molecule has 0 unspecified atom stereocenters. The van der Waals surface area contributed by atoms with Crippen LogP contribution >= 0.6 is 11.6 Å². The summed E-state index contributed by atoms with van der Waals surface area (Å²) in [5.74, 6) is -0.528. The van der Waals surface area contributed by atoms with Gasteiger partial charge in [0.25, 0.3) is 5.24 Å². The standard InChI is InChI=1S/C14H7ClF4O/c15-13(20)11-6-3-9(14(17,18)19)7-12(11)8-1-4-10(16)5-2-8/h1-7H. The van der Waals surface area contributed by atoms with Crippen molar-refractivity contribution in [2.24, 2.45) is 0 Å². The van der Waals surface area contributed by atoms with Crippen LogP contribution in [0.4, 0.5) is 17.6 Å². The number of benzene rings is 2. The summed E-state index contributed by atoms with van der Waals surface area (Å²) in [4.78, 5) is 11.3. The lowest BCUT2D eigenvalue weighted by atomic mass is 9.97. The zero-order chi connectivity index (χ0) is 14.9. The quantitative estimate of drug-likeness (QED) is 0.570. The maximum Gasteiger partial charge on any atom is 0.416 e. The van der Waals surface area contributed by atoms with Gasteiger partial charge in [0, 0.05) is 5.56 Å². The van der Waals surface area contributed by atoms with Crippen molar-refractivity contribution < 1.29 is 22.4 Å². The molecule has 2 rings (SSSR count). The van der Waals surface area contributed by atoms with Crippen LogP contribution in [-0.4, -0.2) is 5.24 Å². The van der Waals surface area contributed by atoms with Gasteiger partial charge in [0.15, 0.2) is 0 Å². The molecular formula is C14H7ClF4O. The van der Waals surface area contributed by atoms with Crippen molar-refractivity contribution in [2.45, 2.75) is 6.18 Å². The first-order chi connectivity index (χ1) is 9.29. The summed E-state index contributed by atoms with van der Waals surface area (Å²) in [5.41, 5.74) is -0.675. The Kier molecular flexibility index (Phi) is 3.81. The van der Waals surface area contributed by atoms with E-state index in [9.17, 15) is 22.4 Å². The molecule has 0 aliphatic carbocycles. The highest BCUT2D eigenvalue weighted by molar-refractivity contribution is 6.68. The molecule has 0 fully saturated rings. The normalized spacial score (nSPS) is 11.4. The summed E-state index contributed by atoms with van der Waals surface area (Å²) >= 11 is 5.36. The maximum atomic E-state index is 12.9. The summed E-state index contributed by atoms with van der Waals surface area (Å²) < 4.78 is 51.0. The monoisotopic (exact) mass is 302 g/mol. The van der Waals surface area contributed by atoms with Crippen LogP contribution in [0.1, 0.15) is 15.9 Å². The molecule has 0 aliphatic rings. The number of carbonyl (C=O) groups excluding carboxylic acids is 1. The average molecular weight is 303 g/mol. The number of hydrogen-bond acceptors (Lipinski definition) is 1. The first-order valence-corrected chi connectivity index (χ1v) is 5.84. The highest BCUT2D eigenvalue weighted by atomic mass is 35.5. The molecule has 0 saturated carbocycles. The van der Waals surface area contributed by atoms with E-state index in [1.54, 1.807) is 0 Å². The van der Waals surface area contributed by atoms with E-state index in [1.165, 1.54) is 12.1 Å². The summed E-state index contributed by atoms with van der Waals surface area (Å²) in [6.45, 7) is 0. The van der Waals surface area contributed by atoms with Gasteiger partial charge in [0.05, 0.1) is 5.56 Å². The number of rotatable bonds is 2. The Bertz CT molecular complexity index is 647. The van der Waals surface area contributed by atoms with E-state index in [2.05, 4.69) is 0 Å². The lowest BCUT2D eigenvalue weighted by Crippen LogP contribution is -2.06. The molecule has 104 valence electrons. The Morgan fingerprint density at radius 2 is 1.60 bits per heavy atom.